The van der Waals surface area contributed by atoms with Crippen molar-refractivity contribution >= 4 is 5.91 Å². The van der Waals surface area contributed by atoms with Crippen LogP contribution in [0.3, 0.4) is 0 Å². The van der Waals surface area contributed by atoms with Gasteiger partial charge in [0.25, 0.3) is 0 Å². The smallest absolute Gasteiger partial charge is 0.227 e. The Morgan fingerprint density at radius 3 is 2.89 bits per heavy atom. The molecule has 1 aliphatic rings. The van der Waals surface area contributed by atoms with E-state index < -0.39 is 0 Å². The molecule has 1 atom stereocenters. The van der Waals surface area contributed by atoms with Crippen LogP contribution in [0.4, 0.5) is 0 Å². The fourth-order valence-electron chi connectivity index (χ4n) is 2.71. The summed E-state index contributed by atoms with van der Waals surface area (Å²) in [6.45, 7) is 3.85. The van der Waals surface area contributed by atoms with E-state index in [2.05, 4.69) is 38.1 Å². The lowest BCUT2D eigenvalue weighted by atomic mass is 10.0. The molecule has 1 fully saturated rings. The third-order valence-corrected chi connectivity index (χ3v) is 3.92. The van der Waals surface area contributed by atoms with Crippen LogP contribution in [0.5, 0.6) is 0 Å². The second-order valence-corrected chi connectivity index (χ2v) is 5.77. The summed E-state index contributed by atoms with van der Waals surface area (Å²) in [5.74, 6) is 0.261. The Bertz CT molecular complexity index is 442. The van der Waals surface area contributed by atoms with Gasteiger partial charge in [0.05, 0.1) is 6.42 Å². The quantitative estimate of drug-likeness (QED) is 0.831. The van der Waals surface area contributed by atoms with Crippen LogP contribution in [0.1, 0.15) is 24.0 Å². The molecule has 0 unspecified atom stereocenters. The lowest BCUT2D eigenvalue weighted by molar-refractivity contribution is -0.132. The lowest BCUT2D eigenvalue weighted by Gasteiger charge is -2.36. The first kappa shape index (κ1) is 14.1. The molecular weight excluding hydrogens is 236 g/mol. The van der Waals surface area contributed by atoms with Crippen molar-refractivity contribution in [2.24, 2.45) is 0 Å². The van der Waals surface area contributed by atoms with Crippen molar-refractivity contribution in [1.29, 1.82) is 0 Å². The van der Waals surface area contributed by atoms with E-state index in [-0.39, 0.29) is 5.91 Å². The van der Waals surface area contributed by atoms with Gasteiger partial charge in [-0.25, -0.2) is 0 Å². The molecule has 1 saturated heterocycles. The van der Waals surface area contributed by atoms with E-state index in [1.807, 2.05) is 17.0 Å². The highest BCUT2D eigenvalue weighted by Gasteiger charge is 2.24. The van der Waals surface area contributed by atoms with Crippen molar-refractivity contribution in [3.05, 3.63) is 35.4 Å². The molecule has 3 nitrogen and oxygen atoms in total. The first-order chi connectivity index (χ1) is 9.06. The fraction of sp³-hybridized carbons (Fsp3) is 0.562. The number of rotatable bonds is 3. The van der Waals surface area contributed by atoms with E-state index in [1.54, 1.807) is 0 Å². The average molecular weight is 260 g/mol. The van der Waals surface area contributed by atoms with Crippen LogP contribution in [-0.4, -0.2) is 48.9 Å². The average Bonchev–Trinajstić information content (AvgIpc) is 2.39. The summed E-state index contributed by atoms with van der Waals surface area (Å²) in [6, 6.07) is 8.74. The molecule has 0 N–H and O–H groups in total. The summed E-state index contributed by atoms with van der Waals surface area (Å²) in [6.07, 6.45) is 2.84. The Hall–Kier alpha value is -1.35. The minimum atomic E-state index is 0.261. The van der Waals surface area contributed by atoms with Gasteiger partial charge in [0.15, 0.2) is 0 Å². The summed E-state index contributed by atoms with van der Waals surface area (Å²) >= 11 is 0. The van der Waals surface area contributed by atoms with Crippen molar-refractivity contribution in [1.82, 2.24) is 9.80 Å². The molecular formula is C16H24N2O. The summed E-state index contributed by atoms with van der Waals surface area (Å²) in [5.41, 5.74) is 2.34. The topological polar surface area (TPSA) is 23.6 Å². The Morgan fingerprint density at radius 2 is 2.21 bits per heavy atom. The SMILES string of the molecule is Cc1cccc(CC(=O)N2CCC[C@H](N(C)C)C2)c1. The molecule has 0 aromatic heterocycles. The standard InChI is InChI=1S/C16H24N2O/c1-13-6-4-7-14(10-13)11-16(19)18-9-5-8-15(12-18)17(2)3/h4,6-7,10,15H,5,8-9,11-12H2,1-3H3/t15-/m0/s1. The van der Waals surface area contributed by atoms with Crippen LogP contribution >= 0.6 is 0 Å². The second-order valence-electron chi connectivity index (χ2n) is 5.77. The number of carbonyl (C=O) groups is 1. The number of likely N-dealkylation sites (tertiary alicyclic amines) is 1. The van der Waals surface area contributed by atoms with Crippen molar-refractivity contribution < 1.29 is 4.79 Å². The van der Waals surface area contributed by atoms with E-state index in [1.165, 1.54) is 12.0 Å². The van der Waals surface area contributed by atoms with Gasteiger partial charge in [-0.3, -0.25) is 4.79 Å². The van der Waals surface area contributed by atoms with Gasteiger partial charge in [0, 0.05) is 19.1 Å². The van der Waals surface area contributed by atoms with E-state index in [0.717, 1.165) is 25.1 Å². The van der Waals surface area contributed by atoms with Gasteiger partial charge in [0.1, 0.15) is 0 Å². The highest BCUT2D eigenvalue weighted by molar-refractivity contribution is 5.79. The molecule has 0 saturated carbocycles. The van der Waals surface area contributed by atoms with Crippen molar-refractivity contribution in [3.63, 3.8) is 0 Å². The number of nitrogens with zero attached hydrogens (tertiary/aromatic N) is 2. The van der Waals surface area contributed by atoms with Crippen molar-refractivity contribution in [2.45, 2.75) is 32.2 Å². The Labute approximate surface area is 116 Å². The zero-order chi connectivity index (χ0) is 13.8. The number of aryl methyl sites for hydroxylation is 1. The molecule has 3 heteroatoms. The van der Waals surface area contributed by atoms with Crippen molar-refractivity contribution in [2.75, 3.05) is 27.2 Å². The third kappa shape index (κ3) is 3.80. The molecule has 104 valence electrons. The van der Waals surface area contributed by atoms with Crippen LogP contribution in [0.2, 0.25) is 0 Å². The second kappa shape index (κ2) is 6.20. The maximum Gasteiger partial charge on any atom is 0.227 e. The first-order valence-electron chi connectivity index (χ1n) is 7.06. The number of likely N-dealkylation sites (N-methyl/N-ethyl adjacent to an activating group) is 1. The van der Waals surface area contributed by atoms with Crippen LogP contribution in [0, 0.1) is 6.92 Å². The Kier molecular flexibility index (Phi) is 4.59. The molecule has 1 heterocycles. The molecule has 0 bridgehead atoms. The number of hydrogen-bond donors (Lipinski definition) is 0. The van der Waals surface area contributed by atoms with Gasteiger partial charge in [-0.2, -0.15) is 0 Å². The Morgan fingerprint density at radius 1 is 1.42 bits per heavy atom. The summed E-state index contributed by atoms with van der Waals surface area (Å²) < 4.78 is 0. The predicted molar refractivity (Wildman–Crippen MR) is 78.2 cm³/mol. The summed E-state index contributed by atoms with van der Waals surface area (Å²) in [4.78, 5) is 16.6. The summed E-state index contributed by atoms with van der Waals surface area (Å²) in [7, 11) is 4.19. The molecule has 0 radical (unpaired) electrons. The number of amides is 1. The molecule has 1 aromatic rings. The van der Waals surface area contributed by atoms with E-state index >= 15 is 0 Å². The number of piperidine rings is 1. The monoisotopic (exact) mass is 260 g/mol. The lowest BCUT2D eigenvalue weighted by Crippen LogP contribution is -2.47. The van der Waals surface area contributed by atoms with E-state index in [0.29, 0.717) is 12.5 Å². The maximum absolute atomic E-state index is 12.4. The fourth-order valence-corrected chi connectivity index (χ4v) is 2.71. The Balaban J connectivity index is 1.96. The van der Waals surface area contributed by atoms with Gasteiger partial charge in [-0.15, -0.1) is 0 Å². The van der Waals surface area contributed by atoms with Crippen LogP contribution in [-0.2, 0) is 11.2 Å². The first-order valence-corrected chi connectivity index (χ1v) is 7.06. The predicted octanol–water partition coefficient (Wildman–Crippen LogP) is 2.09. The van der Waals surface area contributed by atoms with Gasteiger partial charge in [-0.1, -0.05) is 29.8 Å². The number of carbonyl (C=O) groups excluding carboxylic acids is 1. The molecule has 0 aliphatic carbocycles. The van der Waals surface area contributed by atoms with Gasteiger partial charge < -0.3 is 9.80 Å². The maximum atomic E-state index is 12.4. The zero-order valence-corrected chi connectivity index (χ0v) is 12.2. The van der Waals surface area contributed by atoms with Gasteiger partial charge in [-0.05, 0) is 39.4 Å². The molecule has 0 spiro atoms. The van der Waals surface area contributed by atoms with E-state index in [4.69, 9.17) is 0 Å². The van der Waals surface area contributed by atoms with Crippen LogP contribution in [0.15, 0.2) is 24.3 Å². The number of benzene rings is 1. The molecule has 2 rings (SSSR count). The normalized spacial score (nSPS) is 19.8. The third-order valence-electron chi connectivity index (χ3n) is 3.92. The summed E-state index contributed by atoms with van der Waals surface area (Å²) in [5, 5.41) is 0. The molecule has 1 amide bonds. The minimum Gasteiger partial charge on any atom is -0.341 e. The molecule has 19 heavy (non-hydrogen) atoms. The highest BCUT2D eigenvalue weighted by Crippen LogP contribution is 2.15. The van der Waals surface area contributed by atoms with Crippen LogP contribution < -0.4 is 0 Å². The molecule has 1 aromatic carbocycles. The number of hydrogen-bond acceptors (Lipinski definition) is 2. The van der Waals surface area contributed by atoms with Crippen LogP contribution in [0.25, 0.3) is 0 Å². The van der Waals surface area contributed by atoms with Gasteiger partial charge in [0.2, 0.25) is 5.91 Å². The van der Waals surface area contributed by atoms with Gasteiger partial charge >= 0.3 is 0 Å². The zero-order valence-electron chi connectivity index (χ0n) is 12.2. The molecule has 1 aliphatic heterocycles. The highest BCUT2D eigenvalue weighted by atomic mass is 16.2. The van der Waals surface area contributed by atoms with E-state index in [9.17, 15) is 4.79 Å². The minimum absolute atomic E-state index is 0.261. The van der Waals surface area contributed by atoms with Crippen molar-refractivity contribution in [3.8, 4) is 0 Å². The largest absolute Gasteiger partial charge is 0.341 e.